The van der Waals surface area contributed by atoms with Crippen molar-refractivity contribution < 1.29 is 4.74 Å². The van der Waals surface area contributed by atoms with Gasteiger partial charge in [0, 0.05) is 33.2 Å². The van der Waals surface area contributed by atoms with Crippen LogP contribution in [0.5, 0.6) is 0 Å². The van der Waals surface area contributed by atoms with E-state index in [-0.39, 0.29) is 6.04 Å². The average Bonchev–Trinajstić information content (AvgIpc) is 2.54. The smallest absolute Gasteiger partial charge is 0.125 e. The van der Waals surface area contributed by atoms with Crippen LogP contribution in [0.4, 0.5) is 0 Å². The molecule has 0 saturated heterocycles. The molecule has 74 valence electrons. The summed E-state index contributed by atoms with van der Waals surface area (Å²) >= 11 is 0. The standard InChI is InChI=1S/C9H17N3O/c1-10-8(4-7-13-3)9-11-5-6-12(9)2/h5-6,8,10H,4,7H2,1-3H3. The van der Waals surface area contributed by atoms with E-state index >= 15 is 0 Å². The molecule has 1 atom stereocenters. The van der Waals surface area contributed by atoms with Gasteiger partial charge in [0.15, 0.2) is 0 Å². The molecule has 1 heterocycles. The predicted octanol–water partition coefficient (Wildman–Crippen LogP) is 0.717. The molecule has 0 bridgehead atoms. The quantitative estimate of drug-likeness (QED) is 0.731. The minimum absolute atomic E-state index is 0.278. The molecule has 0 aliphatic rings. The molecule has 0 radical (unpaired) electrons. The second-order valence-corrected chi connectivity index (χ2v) is 3.02. The van der Waals surface area contributed by atoms with Crippen LogP contribution in [0.15, 0.2) is 12.4 Å². The van der Waals surface area contributed by atoms with Crippen LogP contribution in [0, 0.1) is 0 Å². The first-order valence-electron chi connectivity index (χ1n) is 4.43. The number of nitrogens with zero attached hydrogens (tertiary/aromatic N) is 2. The van der Waals surface area contributed by atoms with Gasteiger partial charge in [-0.25, -0.2) is 4.98 Å². The number of rotatable bonds is 5. The summed E-state index contributed by atoms with van der Waals surface area (Å²) in [5.74, 6) is 1.06. The zero-order valence-electron chi connectivity index (χ0n) is 8.45. The average molecular weight is 183 g/mol. The molecule has 0 spiro atoms. The third-order valence-corrected chi connectivity index (χ3v) is 2.13. The summed E-state index contributed by atoms with van der Waals surface area (Å²) in [5, 5.41) is 3.22. The highest BCUT2D eigenvalue weighted by Gasteiger charge is 2.12. The van der Waals surface area contributed by atoms with E-state index in [4.69, 9.17) is 4.74 Å². The molecule has 1 aromatic rings. The van der Waals surface area contributed by atoms with E-state index < -0.39 is 0 Å². The summed E-state index contributed by atoms with van der Waals surface area (Å²) < 4.78 is 7.06. The van der Waals surface area contributed by atoms with Crippen molar-refractivity contribution in [2.45, 2.75) is 12.5 Å². The lowest BCUT2D eigenvalue weighted by Gasteiger charge is -2.14. The molecule has 1 rings (SSSR count). The molecule has 0 saturated carbocycles. The Bertz CT molecular complexity index is 247. The molecule has 0 aliphatic carbocycles. The first kappa shape index (κ1) is 10.2. The zero-order chi connectivity index (χ0) is 9.68. The Morgan fingerprint density at radius 2 is 2.46 bits per heavy atom. The van der Waals surface area contributed by atoms with Crippen LogP contribution in [0.25, 0.3) is 0 Å². The summed E-state index contributed by atoms with van der Waals surface area (Å²) in [7, 11) is 5.65. The van der Waals surface area contributed by atoms with Gasteiger partial charge < -0.3 is 14.6 Å². The van der Waals surface area contributed by atoms with Gasteiger partial charge in [0.05, 0.1) is 6.04 Å². The fourth-order valence-electron chi connectivity index (χ4n) is 1.35. The summed E-state index contributed by atoms with van der Waals surface area (Å²) in [6.07, 6.45) is 4.71. The summed E-state index contributed by atoms with van der Waals surface area (Å²) in [4.78, 5) is 4.28. The van der Waals surface area contributed by atoms with Gasteiger partial charge in [-0.05, 0) is 13.5 Å². The number of hydrogen-bond donors (Lipinski definition) is 1. The van der Waals surface area contributed by atoms with E-state index in [1.807, 2.05) is 31.1 Å². The maximum absolute atomic E-state index is 5.04. The van der Waals surface area contributed by atoms with E-state index in [1.54, 1.807) is 7.11 Å². The predicted molar refractivity (Wildman–Crippen MR) is 51.5 cm³/mol. The summed E-state index contributed by atoms with van der Waals surface area (Å²) in [6.45, 7) is 0.748. The number of imidazole rings is 1. The van der Waals surface area contributed by atoms with Crippen LogP contribution in [0.2, 0.25) is 0 Å². The fourth-order valence-corrected chi connectivity index (χ4v) is 1.35. The normalized spacial score (nSPS) is 13.2. The van der Waals surface area contributed by atoms with Gasteiger partial charge in [-0.3, -0.25) is 0 Å². The molecule has 0 aliphatic heterocycles. The van der Waals surface area contributed by atoms with E-state index in [0.717, 1.165) is 18.9 Å². The highest BCUT2D eigenvalue weighted by molar-refractivity contribution is 4.98. The first-order chi connectivity index (χ1) is 6.29. The van der Waals surface area contributed by atoms with E-state index in [1.165, 1.54) is 0 Å². The van der Waals surface area contributed by atoms with Crippen LogP contribution in [-0.4, -0.2) is 30.3 Å². The van der Waals surface area contributed by atoms with Crippen LogP contribution in [0.1, 0.15) is 18.3 Å². The molecular formula is C9H17N3O. The molecule has 0 fully saturated rings. The highest BCUT2D eigenvalue weighted by Crippen LogP contribution is 2.12. The highest BCUT2D eigenvalue weighted by atomic mass is 16.5. The first-order valence-corrected chi connectivity index (χ1v) is 4.43. The van der Waals surface area contributed by atoms with E-state index in [9.17, 15) is 0 Å². The van der Waals surface area contributed by atoms with Crippen molar-refractivity contribution in [3.05, 3.63) is 18.2 Å². The Hall–Kier alpha value is -0.870. The van der Waals surface area contributed by atoms with Crippen molar-refractivity contribution in [2.75, 3.05) is 20.8 Å². The number of nitrogens with one attached hydrogen (secondary N) is 1. The van der Waals surface area contributed by atoms with Gasteiger partial charge >= 0.3 is 0 Å². The Morgan fingerprint density at radius 3 is 2.92 bits per heavy atom. The largest absolute Gasteiger partial charge is 0.385 e. The number of ether oxygens (including phenoxy) is 1. The lowest BCUT2D eigenvalue weighted by Crippen LogP contribution is -2.21. The van der Waals surface area contributed by atoms with E-state index in [0.29, 0.717) is 0 Å². The van der Waals surface area contributed by atoms with Crippen LogP contribution in [0.3, 0.4) is 0 Å². The molecule has 1 aromatic heterocycles. The second kappa shape index (κ2) is 4.99. The van der Waals surface area contributed by atoms with Gasteiger partial charge in [0.2, 0.25) is 0 Å². The number of methoxy groups -OCH3 is 1. The molecule has 4 nitrogen and oxygen atoms in total. The Labute approximate surface area is 78.9 Å². The molecule has 0 aromatic carbocycles. The van der Waals surface area contributed by atoms with Crippen molar-refractivity contribution >= 4 is 0 Å². The zero-order valence-corrected chi connectivity index (χ0v) is 8.45. The SMILES string of the molecule is CNC(CCOC)c1nccn1C. The number of hydrogen-bond acceptors (Lipinski definition) is 3. The van der Waals surface area contributed by atoms with Crippen molar-refractivity contribution in [3.8, 4) is 0 Å². The third-order valence-electron chi connectivity index (χ3n) is 2.13. The Balaban J connectivity index is 2.61. The minimum atomic E-state index is 0.278. The van der Waals surface area contributed by atoms with Crippen LogP contribution in [-0.2, 0) is 11.8 Å². The van der Waals surface area contributed by atoms with Gasteiger partial charge in [-0.1, -0.05) is 0 Å². The summed E-state index contributed by atoms with van der Waals surface area (Å²) in [5.41, 5.74) is 0. The summed E-state index contributed by atoms with van der Waals surface area (Å²) in [6, 6.07) is 0.278. The molecule has 4 heteroatoms. The lowest BCUT2D eigenvalue weighted by atomic mass is 10.2. The molecule has 0 amide bonds. The maximum Gasteiger partial charge on any atom is 0.125 e. The van der Waals surface area contributed by atoms with Gasteiger partial charge in [0.25, 0.3) is 0 Å². The minimum Gasteiger partial charge on any atom is -0.385 e. The van der Waals surface area contributed by atoms with Gasteiger partial charge in [-0.2, -0.15) is 0 Å². The Kier molecular flexibility index (Phi) is 3.92. The molecular weight excluding hydrogens is 166 g/mol. The molecule has 13 heavy (non-hydrogen) atoms. The third kappa shape index (κ3) is 2.54. The van der Waals surface area contributed by atoms with Crippen molar-refractivity contribution in [1.82, 2.24) is 14.9 Å². The monoisotopic (exact) mass is 183 g/mol. The van der Waals surface area contributed by atoms with Crippen molar-refractivity contribution in [3.63, 3.8) is 0 Å². The maximum atomic E-state index is 5.04. The lowest BCUT2D eigenvalue weighted by molar-refractivity contribution is 0.182. The van der Waals surface area contributed by atoms with E-state index in [2.05, 4.69) is 10.3 Å². The van der Waals surface area contributed by atoms with Gasteiger partial charge in [0.1, 0.15) is 5.82 Å². The van der Waals surface area contributed by atoms with Crippen LogP contribution < -0.4 is 5.32 Å². The van der Waals surface area contributed by atoms with Gasteiger partial charge in [-0.15, -0.1) is 0 Å². The van der Waals surface area contributed by atoms with Crippen molar-refractivity contribution in [2.24, 2.45) is 7.05 Å². The van der Waals surface area contributed by atoms with Crippen LogP contribution >= 0.6 is 0 Å². The number of aryl methyl sites for hydroxylation is 1. The fraction of sp³-hybridized carbons (Fsp3) is 0.667. The number of aromatic nitrogens is 2. The second-order valence-electron chi connectivity index (χ2n) is 3.02. The molecule has 1 unspecified atom stereocenters. The Morgan fingerprint density at radius 1 is 1.69 bits per heavy atom. The van der Waals surface area contributed by atoms with Crippen molar-refractivity contribution in [1.29, 1.82) is 0 Å². The molecule has 1 N–H and O–H groups in total. The topological polar surface area (TPSA) is 39.1 Å².